The molecule has 1 aliphatic rings. The third-order valence-corrected chi connectivity index (χ3v) is 4.81. The summed E-state index contributed by atoms with van der Waals surface area (Å²) in [6, 6.07) is 5.43. The van der Waals surface area contributed by atoms with Gasteiger partial charge in [0.25, 0.3) is 5.91 Å². The fraction of sp³-hybridized carbons (Fsp3) is 0.474. The molecule has 1 aromatic carbocycles. The number of hydrogen-bond acceptors (Lipinski definition) is 6. The first-order valence-corrected chi connectivity index (χ1v) is 9.16. The molecule has 28 heavy (non-hydrogen) atoms. The fourth-order valence-electron chi connectivity index (χ4n) is 3.41. The average molecular weight is 391 g/mol. The first kappa shape index (κ1) is 19.8. The summed E-state index contributed by atoms with van der Waals surface area (Å²) < 4.78 is 23.8. The Labute approximate surface area is 160 Å². The van der Waals surface area contributed by atoms with Crippen molar-refractivity contribution < 1.29 is 23.1 Å². The second-order valence-corrected chi connectivity index (χ2v) is 6.93. The van der Waals surface area contributed by atoms with Crippen LogP contribution in [-0.4, -0.2) is 45.2 Å². The van der Waals surface area contributed by atoms with Crippen molar-refractivity contribution in [2.75, 3.05) is 6.61 Å². The molecule has 9 heteroatoms. The van der Waals surface area contributed by atoms with Gasteiger partial charge in [-0.2, -0.15) is 4.68 Å². The van der Waals surface area contributed by atoms with E-state index < -0.39 is 24.1 Å². The number of likely N-dealkylation sites (tertiary alicyclic amines) is 1. The largest absolute Gasteiger partial charge is 0.454 e. The molecular weight excluding hydrogens is 369 g/mol. The van der Waals surface area contributed by atoms with Gasteiger partial charge in [0, 0.05) is 17.6 Å². The molecule has 2 unspecified atom stereocenters. The number of aromatic nitrogens is 2. The molecule has 0 N–H and O–H groups in total. The molecule has 1 fully saturated rings. The van der Waals surface area contributed by atoms with Crippen molar-refractivity contribution in [1.29, 1.82) is 0 Å². The van der Waals surface area contributed by atoms with Crippen LogP contribution in [0.3, 0.4) is 0 Å². The van der Waals surface area contributed by atoms with Crippen molar-refractivity contribution in [2.45, 2.75) is 51.7 Å². The SMILES string of the molecule is CC1CCCC(C)N1C(=O)COC(=O)Cn1nc(-c2ccc(F)cc2)oc1=O. The Morgan fingerprint density at radius 3 is 2.50 bits per heavy atom. The Balaban J connectivity index is 1.58. The molecular formula is C19H22FN3O5. The minimum absolute atomic E-state index is 0.0372. The Hall–Kier alpha value is -2.97. The number of amides is 1. The standard InChI is InChI=1S/C19H22FN3O5/c1-12-4-3-5-13(2)23(12)16(24)11-27-17(25)10-22-19(26)28-18(21-22)14-6-8-15(20)9-7-14/h6-9,12-13H,3-5,10-11H2,1-2H3. The maximum Gasteiger partial charge on any atom is 0.437 e. The van der Waals surface area contributed by atoms with Crippen molar-refractivity contribution in [2.24, 2.45) is 0 Å². The van der Waals surface area contributed by atoms with Gasteiger partial charge in [0.1, 0.15) is 12.4 Å². The van der Waals surface area contributed by atoms with E-state index in [1.165, 1.54) is 24.3 Å². The minimum Gasteiger partial charge on any atom is -0.454 e. The van der Waals surface area contributed by atoms with Gasteiger partial charge in [-0.25, -0.2) is 9.18 Å². The number of hydrogen-bond donors (Lipinski definition) is 0. The van der Waals surface area contributed by atoms with Crippen LogP contribution in [0.25, 0.3) is 11.5 Å². The zero-order valence-electron chi connectivity index (χ0n) is 15.8. The number of benzene rings is 1. The van der Waals surface area contributed by atoms with Gasteiger partial charge in [0.05, 0.1) is 0 Å². The lowest BCUT2D eigenvalue weighted by Crippen LogP contribution is -2.49. The Morgan fingerprint density at radius 1 is 1.21 bits per heavy atom. The summed E-state index contributed by atoms with van der Waals surface area (Å²) in [6.07, 6.45) is 2.91. The maximum atomic E-state index is 13.0. The van der Waals surface area contributed by atoms with E-state index in [1.807, 2.05) is 13.8 Å². The molecule has 2 atom stereocenters. The highest BCUT2D eigenvalue weighted by molar-refractivity contribution is 5.81. The Morgan fingerprint density at radius 2 is 1.86 bits per heavy atom. The highest BCUT2D eigenvalue weighted by Crippen LogP contribution is 2.22. The molecule has 1 amide bonds. The van der Waals surface area contributed by atoms with Crippen LogP contribution in [0.1, 0.15) is 33.1 Å². The third kappa shape index (κ3) is 4.47. The van der Waals surface area contributed by atoms with Gasteiger partial charge < -0.3 is 14.1 Å². The van der Waals surface area contributed by atoms with Gasteiger partial charge in [-0.1, -0.05) is 0 Å². The van der Waals surface area contributed by atoms with Crippen molar-refractivity contribution in [3.8, 4) is 11.5 Å². The number of nitrogens with zero attached hydrogens (tertiary/aromatic N) is 3. The predicted octanol–water partition coefficient (Wildman–Crippen LogP) is 1.98. The number of carbonyl (C=O) groups is 2. The Bertz CT molecular complexity index is 895. The van der Waals surface area contributed by atoms with E-state index in [0.29, 0.717) is 5.56 Å². The Kier molecular flexibility index (Phi) is 5.91. The summed E-state index contributed by atoms with van der Waals surface area (Å²) in [7, 11) is 0. The molecule has 2 aromatic rings. The lowest BCUT2D eigenvalue weighted by atomic mass is 9.97. The van der Waals surface area contributed by atoms with Gasteiger partial charge in [-0.3, -0.25) is 9.59 Å². The molecule has 0 bridgehead atoms. The number of piperidine rings is 1. The molecule has 0 radical (unpaired) electrons. The molecule has 150 valence electrons. The smallest absolute Gasteiger partial charge is 0.437 e. The van der Waals surface area contributed by atoms with E-state index in [9.17, 15) is 18.8 Å². The molecule has 1 aliphatic heterocycles. The second kappa shape index (κ2) is 8.37. The van der Waals surface area contributed by atoms with Gasteiger partial charge in [0.15, 0.2) is 6.61 Å². The van der Waals surface area contributed by atoms with E-state index in [4.69, 9.17) is 9.15 Å². The lowest BCUT2D eigenvalue weighted by molar-refractivity contribution is -0.155. The van der Waals surface area contributed by atoms with Gasteiger partial charge in [-0.05, 0) is 57.4 Å². The molecule has 2 heterocycles. The van der Waals surface area contributed by atoms with Crippen LogP contribution < -0.4 is 5.76 Å². The monoisotopic (exact) mass is 391 g/mol. The van der Waals surface area contributed by atoms with E-state index in [-0.39, 0.29) is 30.5 Å². The summed E-state index contributed by atoms with van der Waals surface area (Å²) in [5.41, 5.74) is 0.397. The second-order valence-electron chi connectivity index (χ2n) is 6.93. The van der Waals surface area contributed by atoms with Crippen LogP contribution in [0, 0.1) is 5.82 Å². The molecule has 8 nitrogen and oxygen atoms in total. The van der Waals surface area contributed by atoms with E-state index in [2.05, 4.69) is 5.10 Å². The lowest BCUT2D eigenvalue weighted by Gasteiger charge is -2.38. The van der Waals surface area contributed by atoms with Crippen molar-refractivity contribution in [3.05, 3.63) is 40.6 Å². The van der Waals surface area contributed by atoms with Gasteiger partial charge in [0.2, 0.25) is 5.89 Å². The topological polar surface area (TPSA) is 94.6 Å². The van der Waals surface area contributed by atoms with E-state index in [0.717, 1.165) is 23.9 Å². The number of carbonyl (C=O) groups excluding carboxylic acids is 2. The highest BCUT2D eigenvalue weighted by Gasteiger charge is 2.29. The summed E-state index contributed by atoms with van der Waals surface area (Å²) in [6.45, 7) is 3.08. The fourth-order valence-corrected chi connectivity index (χ4v) is 3.41. The van der Waals surface area contributed by atoms with Crippen molar-refractivity contribution >= 4 is 11.9 Å². The van der Waals surface area contributed by atoms with E-state index >= 15 is 0 Å². The van der Waals surface area contributed by atoms with Gasteiger partial charge >= 0.3 is 11.7 Å². The molecule has 3 rings (SSSR count). The molecule has 0 aliphatic carbocycles. The van der Waals surface area contributed by atoms with Crippen molar-refractivity contribution in [1.82, 2.24) is 14.7 Å². The van der Waals surface area contributed by atoms with Gasteiger partial charge in [-0.15, -0.1) is 5.10 Å². The number of rotatable bonds is 5. The maximum absolute atomic E-state index is 13.0. The molecule has 0 spiro atoms. The summed E-state index contributed by atoms with van der Waals surface area (Å²) in [4.78, 5) is 38.0. The van der Waals surface area contributed by atoms with Crippen LogP contribution in [0.5, 0.6) is 0 Å². The van der Waals surface area contributed by atoms with Crippen LogP contribution >= 0.6 is 0 Å². The van der Waals surface area contributed by atoms with Crippen LogP contribution in [0.15, 0.2) is 33.5 Å². The number of halogens is 1. The normalized spacial score (nSPS) is 19.5. The van der Waals surface area contributed by atoms with Crippen LogP contribution in [0.2, 0.25) is 0 Å². The summed E-state index contributed by atoms with van der Waals surface area (Å²) >= 11 is 0. The zero-order chi connectivity index (χ0) is 20.3. The van der Waals surface area contributed by atoms with Crippen LogP contribution in [0.4, 0.5) is 4.39 Å². The summed E-state index contributed by atoms with van der Waals surface area (Å²) in [5, 5.41) is 3.91. The third-order valence-electron chi connectivity index (χ3n) is 4.81. The minimum atomic E-state index is -0.846. The first-order chi connectivity index (χ1) is 13.3. The molecule has 1 aromatic heterocycles. The predicted molar refractivity (Wildman–Crippen MR) is 96.7 cm³/mol. The number of esters is 1. The molecule has 1 saturated heterocycles. The number of ether oxygens (including phenoxy) is 1. The molecule has 0 saturated carbocycles. The average Bonchev–Trinajstić information content (AvgIpc) is 3.01. The van der Waals surface area contributed by atoms with Crippen molar-refractivity contribution in [3.63, 3.8) is 0 Å². The zero-order valence-corrected chi connectivity index (χ0v) is 15.8. The highest BCUT2D eigenvalue weighted by atomic mass is 19.1. The first-order valence-electron chi connectivity index (χ1n) is 9.16. The van der Waals surface area contributed by atoms with E-state index in [1.54, 1.807) is 4.90 Å². The summed E-state index contributed by atoms with van der Waals surface area (Å²) in [5.74, 6) is -2.35. The van der Waals surface area contributed by atoms with Crippen LogP contribution in [-0.2, 0) is 20.9 Å². The quantitative estimate of drug-likeness (QED) is 0.724.